The van der Waals surface area contributed by atoms with Crippen molar-refractivity contribution < 1.29 is 9.84 Å². The first-order valence-electron chi connectivity index (χ1n) is 10.1. The van der Waals surface area contributed by atoms with Gasteiger partial charge in [0.15, 0.2) is 0 Å². The molecule has 2 heterocycles. The Labute approximate surface area is 161 Å². The molecule has 144 valence electrons. The minimum absolute atomic E-state index is 0.308. The van der Waals surface area contributed by atoms with Crippen molar-refractivity contribution in [2.24, 2.45) is 11.8 Å². The van der Waals surface area contributed by atoms with Gasteiger partial charge in [-0.1, -0.05) is 12.1 Å². The highest BCUT2D eigenvalue weighted by atomic mass is 16.5. The van der Waals surface area contributed by atoms with E-state index in [2.05, 4.69) is 33.4 Å². The number of piperidine rings is 1. The lowest BCUT2D eigenvalue weighted by Crippen LogP contribution is -2.34. The van der Waals surface area contributed by atoms with Crippen LogP contribution in [0.5, 0.6) is 5.75 Å². The van der Waals surface area contributed by atoms with Gasteiger partial charge < -0.3 is 20.1 Å². The molecule has 2 aromatic rings. The maximum atomic E-state index is 9.26. The molecule has 0 atom stereocenters. The largest absolute Gasteiger partial charge is 0.493 e. The van der Waals surface area contributed by atoms with Crippen molar-refractivity contribution in [1.82, 2.24) is 4.98 Å². The average molecular weight is 367 g/mol. The molecule has 1 saturated heterocycles. The van der Waals surface area contributed by atoms with Gasteiger partial charge in [0.2, 0.25) is 0 Å². The van der Waals surface area contributed by atoms with E-state index >= 15 is 0 Å². The van der Waals surface area contributed by atoms with Gasteiger partial charge in [-0.05, 0) is 67.3 Å². The number of benzene rings is 1. The summed E-state index contributed by atoms with van der Waals surface area (Å²) in [5, 5.41) is 12.6. The molecule has 0 bridgehead atoms. The summed E-state index contributed by atoms with van der Waals surface area (Å²) in [6.07, 6.45) is 6.67. The topological polar surface area (TPSA) is 57.6 Å². The van der Waals surface area contributed by atoms with Crippen molar-refractivity contribution in [3.8, 4) is 5.75 Å². The molecule has 1 aliphatic carbocycles. The molecule has 0 amide bonds. The third-order valence-electron chi connectivity index (χ3n) is 5.57. The molecule has 1 saturated carbocycles. The van der Waals surface area contributed by atoms with Gasteiger partial charge in [-0.25, -0.2) is 4.98 Å². The number of aliphatic hydroxyl groups is 1. The molecule has 0 radical (unpaired) electrons. The zero-order valence-electron chi connectivity index (χ0n) is 15.8. The minimum Gasteiger partial charge on any atom is -0.493 e. The molecule has 27 heavy (non-hydrogen) atoms. The summed E-state index contributed by atoms with van der Waals surface area (Å²) in [5.41, 5.74) is 2.37. The molecule has 0 spiro atoms. The van der Waals surface area contributed by atoms with Gasteiger partial charge in [0.1, 0.15) is 11.6 Å². The molecule has 1 aliphatic heterocycles. The molecule has 4 rings (SSSR count). The predicted octanol–water partition coefficient (Wildman–Crippen LogP) is 3.69. The fraction of sp³-hybridized carbons (Fsp3) is 0.500. The summed E-state index contributed by atoms with van der Waals surface area (Å²) in [7, 11) is 0. The molecular formula is C22H29N3O2. The summed E-state index contributed by atoms with van der Waals surface area (Å²) < 4.78 is 5.78. The summed E-state index contributed by atoms with van der Waals surface area (Å²) in [6, 6.07) is 12.5. The fourth-order valence-electron chi connectivity index (χ4n) is 3.45. The zero-order chi connectivity index (χ0) is 18.5. The highest BCUT2D eigenvalue weighted by Crippen LogP contribution is 2.29. The highest BCUT2D eigenvalue weighted by Gasteiger charge is 2.21. The van der Waals surface area contributed by atoms with Crippen LogP contribution < -0.4 is 15.0 Å². The second-order valence-corrected chi connectivity index (χ2v) is 7.77. The van der Waals surface area contributed by atoms with Crippen molar-refractivity contribution in [2.45, 2.75) is 32.2 Å². The molecule has 1 aromatic heterocycles. The average Bonchev–Trinajstić information content (AvgIpc) is 3.56. The van der Waals surface area contributed by atoms with Gasteiger partial charge in [0.25, 0.3) is 0 Å². The van der Waals surface area contributed by atoms with Crippen molar-refractivity contribution in [2.75, 3.05) is 36.5 Å². The van der Waals surface area contributed by atoms with Crippen LogP contribution in [0.2, 0.25) is 0 Å². The third kappa shape index (κ3) is 5.13. The summed E-state index contributed by atoms with van der Waals surface area (Å²) in [5.74, 6) is 3.08. The normalized spacial score (nSPS) is 17.7. The summed E-state index contributed by atoms with van der Waals surface area (Å²) in [6.45, 7) is 3.90. The van der Waals surface area contributed by atoms with E-state index in [0.29, 0.717) is 12.5 Å². The van der Waals surface area contributed by atoms with E-state index in [-0.39, 0.29) is 0 Å². The molecule has 0 unspecified atom stereocenters. The molecule has 1 aromatic carbocycles. The fourth-order valence-corrected chi connectivity index (χ4v) is 3.45. The van der Waals surface area contributed by atoms with Crippen molar-refractivity contribution in [3.63, 3.8) is 0 Å². The molecule has 5 nitrogen and oxygen atoms in total. The third-order valence-corrected chi connectivity index (χ3v) is 5.57. The molecule has 2 fully saturated rings. The van der Waals surface area contributed by atoms with Gasteiger partial charge in [-0.3, -0.25) is 0 Å². The number of pyridine rings is 1. The number of rotatable bonds is 8. The number of aliphatic hydroxyl groups excluding tert-OH is 1. The van der Waals surface area contributed by atoms with E-state index < -0.39 is 0 Å². The Bertz CT molecular complexity index is 705. The predicted molar refractivity (Wildman–Crippen MR) is 108 cm³/mol. The van der Waals surface area contributed by atoms with Crippen molar-refractivity contribution in [3.05, 3.63) is 48.2 Å². The van der Waals surface area contributed by atoms with Crippen molar-refractivity contribution >= 4 is 11.5 Å². The Morgan fingerprint density at radius 2 is 1.78 bits per heavy atom. The number of nitrogens with zero attached hydrogens (tertiary/aromatic N) is 2. The summed E-state index contributed by atoms with van der Waals surface area (Å²) in [4.78, 5) is 6.91. The molecule has 2 aliphatic rings. The van der Waals surface area contributed by atoms with E-state index in [1.54, 1.807) is 0 Å². The SMILES string of the molecule is OCC1CCN(c2ccc(NCc3ccc(OCC4CC4)cc3)nc2)CC1. The van der Waals surface area contributed by atoms with Crippen LogP contribution in [0, 0.1) is 11.8 Å². The lowest BCUT2D eigenvalue weighted by molar-refractivity contribution is 0.203. The lowest BCUT2D eigenvalue weighted by Gasteiger charge is -2.32. The second-order valence-electron chi connectivity index (χ2n) is 7.77. The zero-order valence-corrected chi connectivity index (χ0v) is 15.8. The van der Waals surface area contributed by atoms with Gasteiger partial charge in [-0.15, -0.1) is 0 Å². The molecular weight excluding hydrogens is 338 g/mol. The van der Waals surface area contributed by atoms with Gasteiger partial charge in [0.05, 0.1) is 18.5 Å². The van der Waals surface area contributed by atoms with Gasteiger partial charge in [-0.2, -0.15) is 0 Å². The van der Waals surface area contributed by atoms with E-state index in [0.717, 1.165) is 62.3 Å². The molecule has 2 N–H and O–H groups in total. The van der Waals surface area contributed by atoms with Crippen LogP contribution in [0.4, 0.5) is 11.5 Å². The van der Waals surface area contributed by atoms with Gasteiger partial charge >= 0.3 is 0 Å². The van der Waals surface area contributed by atoms with Gasteiger partial charge in [0, 0.05) is 26.2 Å². The number of nitrogens with one attached hydrogen (secondary N) is 1. The number of aromatic nitrogens is 1. The standard InChI is InChI=1S/C22H29N3O2/c26-15-18-9-11-25(12-10-18)20-5-8-22(24-14-20)23-13-17-3-6-21(7-4-17)27-16-19-1-2-19/h3-8,14,18-19,26H,1-2,9-13,15-16H2,(H,23,24). The minimum atomic E-state index is 0.308. The van der Waals surface area contributed by atoms with Crippen LogP contribution in [-0.2, 0) is 6.54 Å². The highest BCUT2D eigenvalue weighted by molar-refractivity contribution is 5.50. The lowest BCUT2D eigenvalue weighted by atomic mass is 9.98. The Kier molecular flexibility index (Phi) is 5.78. The quantitative estimate of drug-likeness (QED) is 0.745. The number of ether oxygens (including phenoxy) is 1. The number of hydrogen-bond donors (Lipinski definition) is 2. The number of hydrogen-bond acceptors (Lipinski definition) is 5. The van der Waals surface area contributed by atoms with Crippen molar-refractivity contribution in [1.29, 1.82) is 0 Å². The van der Waals surface area contributed by atoms with E-state index in [9.17, 15) is 5.11 Å². The first-order valence-corrected chi connectivity index (χ1v) is 10.1. The smallest absolute Gasteiger partial charge is 0.126 e. The maximum absolute atomic E-state index is 9.26. The first-order chi connectivity index (χ1) is 13.3. The maximum Gasteiger partial charge on any atom is 0.126 e. The first kappa shape index (κ1) is 18.1. The Morgan fingerprint density at radius 3 is 2.41 bits per heavy atom. The summed E-state index contributed by atoms with van der Waals surface area (Å²) >= 11 is 0. The Hall–Kier alpha value is -2.27. The molecule has 5 heteroatoms. The second kappa shape index (κ2) is 8.61. The van der Waals surface area contributed by atoms with E-state index in [1.807, 2.05) is 24.4 Å². The van der Waals surface area contributed by atoms with E-state index in [4.69, 9.17) is 4.74 Å². The monoisotopic (exact) mass is 367 g/mol. The van der Waals surface area contributed by atoms with Crippen LogP contribution in [-0.4, -0.2) is 36.4 Å². The number of anilines is 2. The van der Waals surface area contributed by atoms with Crippen LogP contribution in [0.15, 0.2) is 42.6 Å². The Balaban J connectivity index is 1.24. The van der Waals surface area contributed by atoms with Crippen LogP contribution in [0.25, 0.3) is 0 Å². The Morgan fingerprint density at radius 1 is 1.00 bits per heavy atom. The van der Waals surface area contributed by atoms with Crippen LogP contribution >= 0.6 is 0 Å². The van der Waals surface area contributed by atoms with Crippen LogP contribution in [0.1, 0.15) is 31.2 Å². The van der Waals surface area contributed by atoms with Crippen LogP contribution in [0.3, 0.4) is 0 Å². The van der Waals surface area contributed by atoms with E-state index in [1.165, 1.54) is 18.4 Å².